The van der Waals surface area contributed by atoms with Crippen molar-refractivity contribution in [2.24, 2.45) is 0 Å². The van der Waals surface area contributed by atoms with Crippen molar-refractivity contribution >= 4 is 44.8 Å². The van der Waals surface area contributed by atoms with E-state index in [1.165, 1.54) is 30.3 Å². The van der Waals surface area contributed by atoms with Gasteiger partial charge in [-0.15, -0.1) is 0 Å². The van der Waals surface area contributed by atoms with Crippen LogP contribution in [0.5, 0.6) is 5.88 Å². The molecule has 0 aliphatic heterocycles. The molecule has 0 aliphatic carbocycles. The van der Waals surface area contributed by atoms with E-state index in [-0.39, 0.29) is 44.7 Å². The molecular weight excluding hydrogens is 473 g/mol. The van der Waals surface area contributed by atoms with Crippen molar-refractivity contribution in [2.75, 3.05) is 4.72 Å². The monoisotopic (exact) mass is 493 g/mol. The molecule has 1 heterocycles. The van der Waals surface area contributed by atoms with Crippen molar-refractivity contribution in [1.82, 2.24) is 10.3 Å². The van der Waals surface area contributed by atoms with Crippen LogP contribution in [0, 0.1) is 0 Å². The molecule has 0 spiro atoms. The number of halogens is 2. The van der Waals surface area contributed by atoms with Gasteiger partial charge in [-0.1, -0.05) is 35.3 Å². The Morgan fingerprint density at radius 2 is 1.88 bits per heavy atom. The van der Waals surface area contributed by atoms with Gasteiger partial charge in [0.25, 0.3) is 15.9 Å². The van der Waals surface area contributed by atoms with E-state index in [4.69, 9.17) is 27.9 Å². The number of rotatable bonds is 8. The fourth-order valence-electron chi connectivity index (χ4n) is 2.73. The maximum atomic E-state index is 12.7. The Morgan fingerprint density at radius 1 is 1.09 bits per heavy atom. The zero-order chi connectivity index (χ0) is 23.3. The molecule has 0 saturated heterocycles. The largest absolute Gasteiger partial charge is 0.475 e. The quantitative estimate of drug-likeness (QED) is 0.464. The van der Waals surface area contributed by atoms with E-state index in [1.807, 2.05) is 19.9 Å². The maximum Gasteiger partial charge on any atom is 0.263 e. The van der Waals surface area contributed by atoms with Gasteiger partial charge in [0.2, 0.25) is 5.88 Å². The number of carbonyl (C=O) groups is 1. The molecule has 1 aromatic heterocycles. The van der Waals surface area contributed by atoms with Gasteiger partial charge in [-0.2, -0.15) is 0 Å². The van der Waals surface area contributed by atoms with E-state index in [2.05, 4.69) is 15.0 Å². The number of hydrogen-bond donors (Lipinski definition) is 2. The lowest BCUT2D eigenvalue weighted by Gasteiger charge is -2.12. The average molecular weight is 494 g/mol. The van der Waals surface area contributed by atoms with Crippen molar-refractivity contribution < 1.29 is 17.9 Å². The van der Waals surface area contributed by atoms with E-state index >= 15 is 0 Å². The van der Waals surface area contributed by atoms with Crippen molar-refractivity contribution in [3.8, 4) is 5.88 Å². The number of nitrogens with one attached hydrogen (secondary N) is 2. The Bertz CT molecular complexity index is 1220. The number of amides is 1. The molecule has 10 heteroatoms. The van der Waals surface area contributed by atoms with E-state index in [9.17, 15) is 13.2 Å². The molecule has 0 bridgehead atoms. The number of aromatic nitrogens is 1. The number of benzene rings is 2. The highest BCUT2D eigenvalue weighted by Gasteiger charge is 2.19. The van der Waals surface area contributed by atoms with Gasteiger partial charge in [0.05, 0.1) is 11.1 Å². The second kappa shape index (κ2) is 10.2. The predicted octanol–water partition coefficient (Wildman–Crippen LogP) is 4.91. The second-order valence-corrected chi connectivity index (χ2v) is 9.61. The minimum atomic E-state index is -4.00. The molecule has 7 nitrogen and oxygen atoms in total. The van der Waals surface area contributed by atoms with Crippen LogP contribution >= 0.6 is 23.2 Å². The number of sulfonamides is 1. The standard InChI is InChI=1S/C22H21Cl2N3O4S/c1-14(2)31-21-9-6-15(12-25-21)13-26-22(28)16-4-3-5-18(10-16)27-32(29,30)20-11-17(23)7-8-19(20)24/h3-12,14,27H,13H2,1-2H3,(H,26,28). The van der Waals surface area contributed by atoms with Crippen LogP contribution in [0.2, 0.25) is 10.0 Å². The van der Waals surface area contributed by atoms with Crippen molar-refractivity contribution in [1.29, 1.82) is 0 Å². The highest BCUT2D eigenvalue weighted by Crippen LogP contribution is 2.27. The fraction of sp³-hybridized carbons (Fsp3) is 0.182. The summed E-state index contributed by atoms with van der Waals surface area (Å²) in [6.45, 7) is 4.07. The lowest BCUT2D eigenvalue weighted by molar-refractivity contribution is 0.0951. The van der Waals surface area contributed by atoms with Crippen LogP contribution in [-0.2, 0) is 16.6 Å². The molecule has 0 fully saturated rings. The van der Waals surface area contributed by atoms with Crippen molar-refractivity contribution in [2.45, 2.75) is 31.4 Å². The van der Waals surface area contributed by atoms with Crippen LogP contribution in [0.25, 0.3) is 0 Å². The molecule has 0 radical (unpaired) electrons. The first kappa shape index (κ1) is 23.8. The van der Waals surface area contributed by atoms with Crippen LogP contribution in [0.3, 0.4) is 0 Å². The molecule has 0 saturated carbocycles. The van der Waals surface area contributed by atoms with Gasteiger partial charge < -0.3 is 10.1 Å². The molecular formula is C22H21Cl2N3O4S. The molecule has 0 atom stereocenters. The summed E-state index contributed by atoms with van der Waals surface area (Å²) in [6, 6.07) is 13.8. The topological polar surface area (TPSA) is 97.4 Å². The zero-order valence-electron chi connectivity index (χ0n) is 17.3. The Balaban J connectivity index is 1.67. The summed E-state index contributed by atoms with van der Waals surface area (Å²) in [5.41, 5.74) is 1.29. The van der Waals surface area contributed by atoms with Crippen LogP contribution in [0.1, 0.15) is 29.8 Å². The van der Waals surface area contributed by atoms with Crippen LogP contribution in [-0.4, -0.2) is 25.4 Å². The van der Waals surface area contributed by atoms with Gasteiger partial charge in [0.1, 0.15) is 4.90 Å². The molecule has 32 heavy (non-hydrogen) atoms. The van der Waals surface area contributed by atoms with Crippen LogP contribution in [0.4, 0.5) is 5.69 Å². The summed E-state index contributed by atoms with van der Waals surface area (Å²) < 4.78 is 33.3. The SMILES string of the molecule is CC(C)Oc1ccc(CNC(=O)c2cccc(NS(=O)(=O)c3cc(Cl)ccc3Cl)c2)cn1. The summed E-state index contributed by atoms with van der Waals surface area (Å²) in [4.78, 5) is 16.6. The van der Waals surface area contributed by atoms with E-state index < -0.39 is 10.0 Å². The summed E-state index contributed by atoms with van der Waals surface area (Å²) in [5, 5.41) is 3.05. The van der Waals surface area contributed by atoms with E-state index in [0.717, 1.165) is 5.56 Å². The minimum Gasteiger partial charge on any atom is -0.475 e. The smallest absolute Gasteiger partial charge is 0.263 e. The number of anilines is 1. The summed E-state index contributed by atoms with van der Waals surface area (Å²) in [5.74, 6) is 0.143. The third-order valence-corrected chi connectivity index (χ3v) is 6.26. The summed E-state index contributed by atoms with van der Waals surface area (Å²) >= 11 is 11.9. The van der Waals surface area contributed by atoms with Gasteiger partial charge >= 0.3 is 0 Å². The second-order valence-electron chi connectivity index (χ2n) is 7.12. The zero-order valence-corrected chi connectivity index (χ0v) is 19.6. The third kappa shape index (κ3) is 6.35. The van der Waals surface area contributed by atoms with Gasteiger partial charge in [0.15, 0.2) is 0 Å². The Kier molecular flexibility index (Phi) is 7.60. The van der Waals surface area contributed by atoms with Crippen LogP contribution < -0.4 is 14.8 Å². The van der Waals surface area contributed by atoms with Gasteiger partial charge in [-0.25, -0.2) is 13.4 Å². The van der Waals surface area contributed by atoms with E-state index in [1.54, 1.807) is 24.4 Å². The molecule has 3 rings (SSSR count). The molecule has 2 N–H and O–H groups in total. The normalized spacial score (nSPS) is 11.3. The van der Waals surface area contributed by atoms with Gasteiger partial charge in [-0.05, 0) is 55.8 Å². The molecule has 0 aliphatic rings. The number of nitrogens with zero attached hydrogens (tertiary/aromatic N) is 1. The molecule has 168 valence electrons. The van der Waals surface area contributed by atoms with Crippen molar-refractivity contribution in [3.05, 3.63) is 82.0 Å². The lowest BCUT2D eigenvalue weighted by atomic mass is 10.2. The fourth-order valence-corrected chi connectivity index (χ4v) is 4.54. The first-order valence-electron chi connectivity index (χ1n) is 9.62. The first-order chi connectivity index (χ1) is 15.1. The number of pyridine rings is 1. The average Bonchev–Trinajstić information content (AvgIpc) is 2.74. The maximum absolute atomic E-state index is 12.7. The molecule has 2 aromatic carbocycles. The Labute approximate surface area is 196 Å². The number of ether oxygens (including phenoxy) is 1. The third-order valence-electron chi connectivity index (χ3n) is 4.17. The number of hydrogen-bond acceptors (Lipinski definition) is 5. The van der Waals surface area contributed by atoms with E-state index in [0.29, 0.717) is 5.88 Å². The summed E-state index contributed by atoms with van der Waals surface area (Å²) in [6.07, 6.45) is 1.64. The Hall–Kier alpha value is -2.81. The minimum absolute atomic E-state index is 0.0210. The molecule has 1 amide bonds. The lowest BCUT2D eigenvalue weighted by Crippen LogP contribution is -2.23. The first-order valence-corrected chi connectivity index (χ1v) is 11.9. The molecule has 3 aromatic rings. The predicted molar refractivity (Wildman–Crippen MR) is 125 cm³/mol. The summed E-state index contributed by atoms with van der Waals surface area (Å²) in [7, 11) is -4.00. The number of carbonyl (C=O) groups excluding carboxylic acids is 1. The highest BCUT2D eigenvalue weighted by atomic mass is 35.5. The van der Waals surface area contributed by atoms with Gasteiger partial charge in [-0.3, -0.25) is 9.52 Å². The van der Waals surface area contributed by atoms with Crippen molar-refractivity contribution in [3.63, 3.8) is 0 Å². The highest BCUT2D eigenvalue weighted by molar-refractivity contribution is 7.92. The van der Waals surface area contributed by atoms with Crippen LogP contribution in [0.15, 0.2) is 65.7 Å². The Morgan fingerprint density at radius 3 is 2.56 bits per heavy atom. The van der Waals surface area contributed by atoms with Gasteiger partial charge in [0, 0.05) is 35.1 Å². The molecule has 0 unspecified atom stereocenters.